The molecule has 116 valence electrons. The third kappa shape index (κ3) is 4.10. The number of para-hydroxylation sites is 1. The Labute approximate surface area is 132 Å². The zero-order valence-corrected chi connectivity index (χ0v) is 13.4. The number of carbonyl (C=O) groups is 1. The number of amides is 1. The topological polar surface area (TPSA) is 38.3 Å². The van der Waals surface area contributed by atoms with Crippen molar-refractivity contribution in [2.75, 3.05) is 5.32 Å². The molecule has 1 amide bonds. The monoisotopic (exact) mass is 297 g/mol. The predicted octanol–water partition coefficient (Wildman–Crippen LogP) is 4.35. The van der Waals surface area contributed by atoms with Crippen LogP contribution < -0.4 is 10.1 Å². The second kappa shape index (κ2) is 7.64. The van der Waals surface area contributed by atoms with Crippen LogP contribution in [0.25, 0.3) is 0 Å². The van der Waals surface area contributed by atoms with E-state index in [0.717, 1.165) is 23.4 Å². The third-order valence-corrected chi connectivity index (χ3v) is 3.62. The highest BCUT2D eigenvalue weighted by Crippen LogP contribution is 2.18. The molecule has 22 heavy (non-hydrogen) atoms. The summed E-state index contributed by atoms with van der Waals surface area (Å²) in [6.45, 7) is 6.05. The van der Waals surface area contributed by atoms with Gasteiger partial charge in [0.2, 0.25) is 0 Å². The summed E-state index contributed by atoms with van der Waals surface area (Å²) in [6, 6.07) is 15.6. The molecule has 3 heteroatoms. The molecule has 0 fully saturated rings. The minimum Gasteiger partial charge on any atom is -0.481 e. The molecule has 3 nitrogen and oxygen atoms in total. The highest BCUT2D eigenvalue weighted by atomic mass is 16.5. The van der Waals surface area contributed by atoms with Gasteiger partial charge in [-0.25, -0.2) is 0 Å². The fraction of sp³-hybridized carbons (Fsp3) is 0.316. The molecule has 0 aliphatic heterocycles. The number of anilines is 1. The fourth-order valence-electron chi connectivity index (χ4n) is 2.27. The average molecular weight is 297 g/mol. The second-order valence-corrected chi connectivity index (χ2v) is 5.33. The lowest BCUT2D eigenvalue weighted by Crippen LogP contribution is -2.32. The van der Waals surface area contributed by atoms with E-state index in [1.165, 1.54) is 5.56 Å². The van der Waals surface area contributed by atoms with Gasteiger partial charge >= 0.3 is 0 Å². The van der Waals surface area contributed by atoms with Crippen molar-refractivity contribution in [2.45, 2.75) is 39.7 Å². The lowest BCUT2D eigenvalue weighted by atomic mass is 10.1. The van der Waals surface area contributed by atoms with Crippen LogP contribution in [0, 0.1) is 6.92 Å². The molecule has 0 bridgehead atoms. The van der Waals surface area contributed by atoms with Crippen LogP contribution in [0.1, 0.15) is 31.4 Å². The van der Waals surface area contributed by atoms with Crippen molar-refractivity contribution in [3.63, 3.8) is 0 Å². The number of carbonyl (C=O) groups excluding carboxylic acids is 1. The van der Waals surface area contributed by atoms with Gasteiger partial charge < -0.3 is 10.1 Å². The zero-order chi connectivity index (χ0) is 15.9. The molecule has 0 saturated heterocycles. The summed E-state index contributed by atoms with van der Waals surface area (Å²) in [5.74, 6) is 0.611. The lowest BCUT2D eigenvalue weighted by Gasteiger charge is -2.18. The maximum atomic E-state index is 12.4. The number of nitrogens with one attached hydrogen (secondary N) is 1. The van der Waals surface area contributed by atoms with Crippen LogP contribution >= 0.6 is 0 Å². The molecule has 0 aliphatic carbocycles. The first-order valence-electron chi connectivity index (χ1n) is 7.76. The van der Waals surface area contributed by atoms with Gasteiger partial charge in [-0.1, -0.05) is 49.7 Å². The van der Waals surface area contributed by atoms with E-state index in [0.29, 0.717) is 6.42 Å². The van der Waals surface area contributed by atoms with Gasteiger partial charge in [-0.3, -0.25) is 4.79 Å². The van der Waals surface area contributed by atoms with Crippen molar-refractivity contribution in [1.29, 1.82) is 0 Å². The molecule has 0 aromatic heterocycles. The number of aryl methyl sites for hydroxylation is 2. The number of hydrogen-bond donors (Lipinski definition) is 1. The summed E-state index contributed by atoms with van der Waals surface area (Å²) in [5.41, 5.74) is 3.16. The maximum Gasteiger partial charge on any atom is 0.265 e. The first-order valence-corrected chi connectivity index (χ1v) is 7.76. The highest BCUT2D eigenvalue weighted by molar-refractivity contribution is 5.95. The van der Waals surface area contributed by atoms with Crippen molar-refractivity contribution < 1.29 is 9.53 Å². The van der Waals surface area contributed by atoms with Gasteiger partial charge in [-0.2, -0.15) is 0 Å². The largest absolute Gasteiger partial charge is 0.481 e. The van der Waals surface area contributed by atoms with Crippen molar-refractivity contribution in [3.8, 4) is 5.75 Å². The smallest absolute Gasteiger partial charge is 0.265 e. The lowest BCUT2D eigenvalue weighted by molar-refractivity contribution is -0.122. The van der Waals surface area contributed by atoms with Gasteiger partial charge in [0, 0.05) is 5.69 Å². The molecule has 0 spiro atoms. The van der Waals surface area contributed by atoms with E-state index in [2.05, 4.69) is 12.2 Å². The van der Waals surface area contributed by atoms with E-state index in [4.69, 9.17) is 4.74 Å². The molecule has 0 unspecified atom stereocenters. The van der Waals surface area contributed by atoms with Gasteiger partial charge in [0.05, 0.1) is 0 Å². The van der Waals surface area contributed by atoms with Crippen LogP contribution in [0.4, 0.5) is 5.69 Å². The molecule has 0 saturated carbocycles. The van der Waals surface area contributed by atoms with Crippen LogP contribution in [0.15, 0.2) is 48.5 Å². The maximum absolute atomic E-state index is 12.4. The standard InChI is InChI=1S/C19H23NO2/c1-4-15-8-6-7-9-17(15)20-19(21)18(5-2)22-16-12-10-14(3)11-13-16/h6-13,18H,4-5H2,1-3H3,(H,20,21)/t18-/m1/s1. The molecule has 1 atom stereocenters. The summed E-state index contributed by atoms with van der Waals surface area (Å²) in [7, 11) is 0. The van der Waals surface area contributed by atoms with Crippen LogP contribution in [0.2, 0.25) is 0 Å². The van der Waals surface area contributed by atoms with Crippen molar-refractivity contribution in [2.24, 2.45) is 0 Å². The Morgan fingerprint density at radius 1 is 1.09 bits per heavy atom. The van der Waals surface area contributed by atoms with Crippen LogP contribution in [0.5, 0.6) is 5.75 Å². The van der Waals surface area contributed by atoms with E-state index in [9.17, 15) is 4.79 Å². The molecular formula is C19H23NO2. The minimum atomic E-state index is -0.493. The zero-order valence-electron chi connectivity index (χ0n) is 13.4. The number of hydrogen-bond acceptors (Lipinski definition) is 2. The average Bonchev–Trinajstić information content (AvgIpc) is 2.54. The van der Waals surface area contributed by atoms with Gasteiger partial charge in [-0.15, -0.1) is 0 Å². The SMILES string of the molecule is CCc1ccccc1NC(=O)[C@@H](CC)Oc1ccc(C)cc1. The van der Waals surface area contributed by atoms with Crippen LogP contribution in [-0.4, -0.2) is 12.0 Å². The van der Waals surface area contributed by atoms with Crippen molar-refractivity contribution >= 4 is 11.6 Å². The Balaban J connectivity index is 2.07. The first kappa shape index (κ1) is 16.1. The quantitative estimate of drug-likeness (QED) is 0.860. The van der Waals surface area contributed by atoms with E-state index in [1.54, 1.807) is 0 Å². The van der Waals surface area contributed by atoms with Gasteiger partial charge in [-0.05, 0) is 43.5 Å². The summed E-state index contributed by atoms with van der Waals surface area (Å²) in [6.07, 6.45) is 1.01. The minimum absolute atomic E-state index is 0.107. The Bertz CT molecular complexity index is 620. The molecule has 2 rings (SSSR count). The van der Waals surface area contributed by atoms with E-state index in [1.807, 2.05) is 62.4 Å². The van der Waals surface area contributed by atoms with Crippen LogP contribution in [-0.2, 0) is 11.2 Å². The molecule has 2 aromatic carbocycles. The van der Waals surface area contributed by atoms with Gasteiger partial charge in [0.25, 0.3) is 5.91 Å². The number of rotatable bonds is 6. The summed E-state index contributed by atoms with van der Waals surface area (Å²) < 4.78 is 5.81. The van der Waals surface area contributed by atoms with Crippen molar-refractivity contribution in [3.05, 3.63) is 59.7 Å². The molecular weight excluding hydrogens is 274 g/mol. The van der Waals surface area contributed by atoms with Gasteiger partial charge in [0.15, 0.2) is 6.10 Å². The fourth-order valence-corrected chi connectivity index (χ4v) is 2.27. The summed E-state index contributed by atoms with van der Waals surface area (Å²) >= 11 is 0. The third-order valence-electron chi connectivity index (χ3n) is 3.62. The molecule has 0 aliphatic rings. The second-order valence-electron chi connectivity index (χ2n) is 5.33. The Morgan fingerprint density at radius 2 is 1.77 bits per heavy atom. The van der Waals surface area contributed by atoms with Gasteiger partial charge in [0.1, 0.15) is 5.75 Å². The molecule has 2 aromatic rings. The summed E-state index contributed by atoms with van der Waals surface area (Å²) in [4.78, 5) is 12.4. The van der Waals surface area contributed by atoms with Crippen molar-refractivity contribution in [1.82, 2.24) is 0 Å². The predicted molar refractivity (Wildman–Crippen MR) is 90.3 cm³/mol. The van der Waals surface area contributed by atoms with E-state index >= 15 is 0 Å². The highest BCUT2D eigenvalue weighted by Gasteiger charge is 2.19. The molecule has 1 N–H and O–H groups in total. The molecule has 0 heterocycles. The summed E-state index contributed by atoms with van der Waals surface area (Å²) in [5, 5.41) is 2.98. The van der Waals surface area contributed by atoms with E-state index in [-0.39, 0.29) is 5.91 Å². The van der Waals surface area contributed by atoms with Crippen LogP contribution in [0.3, 0.4) is 0 Å². The first-order chi connectivity index (χ1) is 10.6. The van der Waals surface area contributed by atoms with E-state index < -0.39 is 6.10 Å². The number of ether oxygens (including phenoxy) is 1. The normalized spacial score (nSPS) is 11.8. The number of benzene rings is 2. The Kier molecular flexibility index (Phi) is 5.59. The Morgan fingerprint density at radius 3 is 2.41 bits per heavy atom. The molecule has 0 radical (unpaired) electrons. The Hall–Kier alpha value is -2.29.